The molecule has 0 atom stereocenters. The van der Waals surface area contributed by atoms with E-state index in [4.69, 9.17) is 14.2 Å². The predicted molar refractivity (Wildman–Crippen MR) is 119 cm³/mol. The zero-order valence-corrected chi connectivity index (χ0v) is 17.9. The van der Waals surface area contributed by atoms with E-state index in [0.29, 0.717) is 49.8 Å². The van der Waals surface area contributed by atoms with Crippen molar-refractivity contribution in [2.75, 3.05) is 44.5 Å². The molecule has 1 saturated heterocycles. The van der Waals surface area contributed by atoms with Gasteiger partial charge in [-0.05, 0) is 61.5 Å². The molecule has 0 N–H and O–H groups in total. The summed E-state index contributed by atoms with van der Waals surface area (Å²) in [6.07, 6.45) is 0. The van der Waals surface area contributed by atoms with Crippen LogP contribution >= 0.6 is 0 Å². The maximum atomic E-state index is 12.9. The van der Waals surface area contributed by atoms with Crippen LogP contribution < -0.4 is 19.1 Å². The Labute approximate surface area is 186 Å². The Morgan fingerprint density at radius 3 is 2.44 bits per heavy atom. The minimum atomic E-state index is -0.000110. The maximum Gasteiger partial charge on any atom is 0.254 e. The molecule has 2 aliphatic rings. The summed E-state index contributed by atoms with van der Waals surface area (Å²) in [4.78, 5) is 16.9. The highest BCUT2D eigenvalue weighted by atomic mass is 16.7. The molecular formula is C24H24N4O4. The third-order valence-electron chi connectivity index (χ3n) is 5.62. The largest absolute Gasteiger partial charge is 0.494 e. The van der Waals surface area contributed by atoms with Crippen LogP contribution in [-0.4, -0.2) is 60.6 Å². The van der Waals surface area contributed by atoms with Gasteiger partial charge in [0.1, 0.15) is 5.75 Å². The minimum absolute atomic E-state index is 0.000110. The number of anilines is 1. The molecule has 0 spiro atoms. The van der Waals surface area contributed by atoms with Gasteiger partial charge in [-0.25, -0.2) is 0 Å². The first-order valence-electron chi connectivity index (χ1n) is 10.7. The van der Waals surface area contributed by atoms with Crippen molar-refractivity contribution < 1.29 is 19.0 Å². The Balaban J connectivity index is 1.20. The van der Waals surface area contributed by atoms with Gasteiger partial charge in [0.25, 0.3) is 5.91 Å². The number of ether oxygens (including phenoxy) is 3. The summed E-state index contributed by atoms with van der Waals surface area (Å²) in [6.45, 7) is 5.45. The Morgan fingerprint density at radius 1 is 0.938 bits per heavy atom. The van der Waals surface area contributed by atoms with E-state index in [9.17, 15) is 4.79 Å². The van der Waals surface area contributed by atoms with Crippen LogP contribution in [0.4, 0.5) is 5.82 Å². The van der Waals surface area contributed by atoms with Crippen molar-refractivity contribution in [3.8, 4) is 28.5 Å². The predicted octanol–water partition coefficient (Wildman–Crippen LogP) is 3.23. The van der Waals surface area contributed by atoms with Gasteiger partial charge in [-0.3, -0.25) is 4.79 Å². The summed E-state index contributed by atoms with van der Waals surface area (Å²) in [7, 11) is 0. The lowest BCUT2D eigenvalue weighted by Gasteiger charge is -2.35. The van der Waals surface area contributed by atoms with E-state index in [-0.39, 0.29) is 12.7 Å². The van der Waals surface area contributed by atoms with Crippen molar-refractivity contribution in [3.05, 3.63) is 60.2 Å². The minimum Gasteiger partial charge on any atom is -0.494 e. The van der Waals surface area contributed by atoms with Gasteiger partial charge in [-0.1, -0.05) is 0 Å². The number of aromatic nitrogens is 2. The average molecular weight is 432 g/mol. The van der Waals surface area contributed by atoms with Gasteiger partial charge in [-0.15, -0.1) is 10.2 Å². The molecule has 0 bridgehead atoms. The molecule has 0 saturated carbocycles. The Hall–Kier alpha value is -3.81. The van der Waals surface area contributed by atoms with Gasteiger partial charge in [0.15, 0.2) is 17.3 Å². The molecule has 8 nitrogen and oxygen atoms in total. The highest BCUT2D eigenvalue weighted by Gasteiger charge is 2.25. The number of benzene rings is 2. The number of carbonyl (C=O) groups excluding carboxylic acids is 1. The van der Waals surface area contributed by atoms with Crippen LogP contribution in [0.15, 0.2) is 54.6 Å². The molecule has 1 fully saturated rings. The summed E-state index contributed by atoms with van der Waals surface area (Å²) < 4.78 is 16.2. The van der Waals surface area contributed by atoms with E-state index >= 15 is 0 Å². The summed E-state index contributed by atoms with van der Waals surface area (Å²) in [5.41, 5.74) is 2.42. The van der Waals surface area contributed by atoms with Gasteiger partial charge >= 0.3 is 0 Å². The van der Waals surface area contributed by atoms with Crippen LogP contribution in [0.25, 0.3) is 11.3 Å². The van der Waals surface area contributed by atoms with Crippen LogP contribution in [0.5, 0.6) is 17.2 Å². The Bertz CT molecular complexity index is 1090. The molecular weight excluding hydrogens is 408 g/mol. The van der Waals surface area contributed by atoms with E-state index in [1.54, 1.807) is 18.2 Å². The van der Waals surface area contributed by atoms with Gasteiger partial charge in [0, 0.05) is 37.3 Å². The van der Waals surface area contributed by atoms with E-state index in [2.05, 4.69) is 15.1 Å². The summed E-state index contributed by atoms with van der Waals surface area (Å²) in [6, 6.07) is 17.1. The van der Waals surface area contributed by atoms with Crippen molar-refractivity contribution >= 4 is 11.7 Å². The molecule has 2 aromatic carbocycles. The Morgan fingerprint density at radius 2 is 1.72 bits per heavy atom. The van der Waals surface area contributed by atoms with Gasteiger partial charge in [-0.2, -0.15) is 0 Å². The third-order valence-corrected chi connectivity index (χ3v) is 5.62. The fourth-order valence-electron chi connectivity index (χ4n) is 3.89. The quantitative estimate of drug-likeness (QED) is 0.613. The molecule has 0 radical (unpaired) electrons. The number of carbonyl (C=O) groups is 1. The van der Waals surface area contributed by atoms with Gasteiger partial charge in [0.05, 0.1) is 12.3 Å². The first-order chi connectivity index (χ1) is 15.7. The summed E-state index contributed by atoms with van der Waals surface area (Å²) >= 11 is 0. The normalized spacial score (nSPS) is 15.0. The molecule has 32 heavy (non-hydrogen) atoms. The second kappa shape index (κ2) is 8.74. The van der Waals surface area contributed by atoms with Gasteiger partial charge < -0.3 is 24.0 Å². The second-order valence-corrected chi connectivity index (χ2v) is 7.58. The molecule has 3 heterocycles. The monoisotopic (exact) mass is 432 g/mol. The van der Waals surface area contributed by atoms with Crippen LogP contribution in [0.3, 0.4) is 0 Å². The van der Waals surface area contributed by atoms with Crippen LogP contribution in [-0.2, 0) is 0 Å². The van der Waals surface area contributed by atoms with Crippen LogP contribution in [0.2, 0.25) is 0 Å². The first-order valence-corrected chi connectivity index (χ1v) is 10.7. The summed E-state index contributed by atoms with van der Waals surface area (Å²) in [5, 5.41) is 8.81. The number of nitrogens with zero attached hydrogens (tertiary/aromatic N) is 4. The van der Waals surface area contributed by atoms with Crippen molar-refractivity contribution in [1.29, 1.82) is 0 Å². The van der Waals surface area contributed by atoms with Crippen molar-refractivity contribution in [1.82, 2.24) is 15.1 Å². The van der Waals surface area contributed by atoms with E-state index in [1.807, 2.05) is 48.2 Å². The fourth-order valence-corrected chi connectivity index (χ4v) is 3.89. The fraction of sp³-hybridized carbons (Fsp3) is 0.292. The molecule has 8 heteroatoms. The molecule has 1 amide bonds. The molecule has 2 aliphatic heterocycles. The lowest BCUT2D eigenvalue weighted by molar-refractivity contribution is 0.0746. The number of piperazine rings is 1. The number of amides is 1. The van der Waals surface area contributed by atoms with E-state index in [0.717, 1.165) is 22.8 Å². The number of hydrogen-bond acceptors (Lipinski definition) is 7. The lowest BCUT2D eigenvalue weighted by Crippen LogP contribution is -2.49. The van der Waals surface area contributed by atoms with E-state index < -0.39 is 0 Å². The first kappa shape index (κ1) is 20.1. The number of rotatable bonds is 5. The lowest BCUT2D eigenvalue weighted by atomic mass is 10.1. The molecule has 5 rings (SSSR count). The zero-order valence-electron chi connectivity index (χ0n) is 17.9. The smallest absolute Gasteiger partial charge is 0.254 e. The topological polar surface area (TPSA) is 77.0 Å². The molecule has 0 aliphatic carbocycles. The standard InChI is InChI=1S/C24H24N4O4/c1-2-30-19-6-3-17(4-7-19)20-8-10-23(26-25-20)27-11-13-28(14-12-27)24(29)18-5-9-21-22(15-18)32-16-31-21/h3-10,15H,2,11-14,16H2,1H3. The highest BCUT2D eigenvalue weighted by Crippen LogP contribution is 2.33. The van der Waals surface area contributed by atoms with E-state index in [1.165, 1.54) is 0 Å². The average Bonchev–Trinajstić information content (AvgIpc) is 3.33. The van der Waals surface area contributed by atoms with Crippen molar-refractivity contribution in [3.63, 3.8) is 0 Å². The Kier molecular flexibility index (Phi) is 5.49. The number of fused-ring (bicyclic) bond motifs is 1. The van der Waals surface area contributed by atoms with Gasteiger partial charge in [0.2, 0.25) is 6.79 Å². The molecule has 164 valence electrons. The van der Waals surface area contributed by atoms with Crippen LogP contribution in [0, 0.1) is 0 Å². The molecule has 1 aromatic heterocycles. The maximum absolute atomic E-state index is 12.9. The van der Waals surface area contributed by atoms with Crippen LogP contribution in [0.1, 0.15) is 17.3 Å². The SMILES string of the molecule is CCOc1ccc(-c2ccc(N3CCN(C(=O)c4ccc5c(c4)OCO5)CC3)nn2)cc1. The summed E-state index contributed by atoms with van der Waals surface area (Å²) in [5.74, 6) is 2.96. The van der Waals surface area contributed by atoms with Crippen molar-refractivity contribution in [2.45, 2.75) is 6.92 Å². The zero-order chi connectivity index (χ0) is 21.9. The highest BCUT2D eigenvalue weighted by molar-refractivity contribution is 5.95. The molecule has 0 unspecified atom stereocenters. The number of hydrogen-bond donors (Lipinski definition) is 0. The second-order valence-electron chi connectivity index (χ2n) is 7.58. The third kappa shape index (κ3) is 4.03. The van der Waals surface area contributed by atoms with Crippen molar-refractivity contribution in [2.24, 2.45) is 0 Å². The molecule has 3 aromatic rings.